The van der Waals surface area contributed by atoms with E-state index < -0.39 is 10.0 Å². The van der Waals surface area contributed by atoms with Gasteiger partial charge in [0.1, 0.15) is 0 Å². The molecular formula is C17H23N5O2S. The second-order valence-corrected chi connectivity index (χ2v) is 8.14. The summed E-state index contributed by atoms with van der Waals surface area (Å²) in [5, 5.41) is 3.44. The fraction of sp³-hybridized carbons (Fsp3) is 0.353. The summed E-state index contributed by atoms with van der Waals surface area (Å²) < 4.78 is 26.9. The number of pyridine rings is 1. The molecule has 0 atom stereocenters. The molecule has 1 aromatic heterocycles. The predicted octanol–water partition coefficient (Wildman–Crippen LogP) is 1.19. The Balaban J connectivity index is 1.56. The molecule has 1 saturated heterocycles. The van der Waals surface area contributed by atoms with E-state index in [-0.39, 0.29) is 10.9 Å². The van der Waals surface area contributed by atoms with Gasteiger partial charge in [0, 0.05) is 55.0 Å². The molecule has 134 valence electrons. The third-order valence-corrected chi connectivity index (χ3v) is 6.41. The van der Waals surface area contributed by atoms with Crippen molar-refractivity contribution in [3.8, 4) is 0 Å². The van der Waals surface area contributed by atoms with Gasteiger partial charge in [-0.1, -0.05) is 0 Å². The van der Waals surface area contributed by atoms with Gasteiger partial charge in [0.15, 0.2) is 0 Å². The Bertz CT molecular complexity index is 815. The third-order valence-electron chi connectivity index (χ3n) is 4.49. The zero-order chi connectivity index (χ0) is 17.9. The van der Waals surface area contributed by atoms with Crippen LogP contribution in [0.3, 0.4) is 0 Å². The molecule has 0 bridgehead atoms. The maximum absolute atomic E-state index is 12.7. The first-order valence-corrected chi connectivity index (χ1v) is 9.68. The van der Waals surface area contributed by atoms with E-state index in [9.17, 15) is 8.42 Å². The zero-order valence-corrected chi connectivity index (χ0v) is 14.7. The van der Waals surface area contributed by atoms with Crippen LogP contribution in [0, 0.1) is 0 Å². The van der Waals surface area contributed by atoms with Crippen molar-refractivity contribution in [2.24, 2.45) is 0 Å². The largest absolute Gasteiger partial charge is 0.399 e. The smallest absolute Gasteiger partial charge is 0.243 e. The average molecular weight is 361 g/mol. The molecule has 2 heterocycles. The number of nitrogen functional groups attached to an aromatic ring is 2. The van der Waals surface area contributed by atoms with Crippen molar-refractivity contribution in [3.63, 3.8) is 0 Å². The summed E-state index contributed by atoms with van der Waals surface area (Å²) in [7, 11) is -3.46. The minimum absolute atomic E-state index is 0.262. The summed E-state index contributed by atoms with van der Waals surface area (Å²) in [4.78, 5) is 4.37. The van der Waals surface area contributed by atoms with Gasteiger partial charge in [-0.2, -0.15) is 4.31 Å². The number of hydrogen-bond donors (Lipinski definition) is 3. The molecule has 0 aliphatic carbocycles. The van der Waals surface area contributed by atoms with Crippen LogP contribution in [0.4, 0.5) is 11.4 Å². The maximum Gasteiger partial charge on any atom is 0.243 e. The normalized spacial score (nSPS) is 16.8. The number of piperidine rings is 1. The summed E-state index contributed by atoms with van der Waals surface area (Å²) >= 11 is 0. The first-order chi connectivity index (χ1) is 12.0. The van der Waals surface area contributed by atoms with Gasteiger partial charge in [0.25, 0.3) is 0 Å². The van der Waals surface area contributed by atoms with E-state index in [1.165, 1.54) is 4.31 Å². The van der Waals surface area contributed by atoms with Crippen molar-refractivity contribution in [1.29, 1.82) is 0 Å². The quantitative estimate of drug-likeness (QED) is 0.689. The number of hydrogen-bond acceptors (Lipinski definition) is 6. The van der Waals surface area contributed by atoms with E-state index in [1.54, 1.807) is 42.7 Å². The topological polar surface area (TPSA) is 114 Å². The van der Waals surface area contributed by atoms with Crippen LogP contribution in [-0.4, -0.2) is 36.8 Å². The lowest BCUT2D eigenvalue weighted by atomic mass is 10.1. The molecule has 0 radical (unpaired) electrons. The fourth-order valence-electron chi connectivity index (χ4n) is 2.93. The van der Waals surface area contributed by atoms with Gasteiger partial charge in [0.2, 0.25) is 10.0 Å². The fourth-order valence-corrected chi connectivity index (χ4v) is 4.40. The molecule has 0 unspecified atom stereocenters. The van der Waals surface area contributed by atoms with Crippen LogP contribution < -0.4 is 16.8 Å². The Morgan fingerprint density at radius 2 is 1.80 bits per heavy atom. The van der Waals surface area contributed by atoms with Crippen molar-refractivity contribution >= 4 is 21.4 Å². The lowest BCUT2D eigenvalue weighted by molar-refractivity contribution is 0.288. The van der Waals surface area contributed by atoms with Gasteiger partial charge in [-0.05, 0) is 43.2 Å². The van der Waals surface area contributed by atoms with Gasteiger partial charge in [0.05, 0.1) is 4.90 Å². The number of anilines is 2. The summed E-state index contributed by atoms with van der Waals surface area (Å²) in [6.45, 7) is 1.62. The molecule has 2 aromatic rings. The minimum Gasteiger partial charge on any atom is -0.399 e. The average Bonchev–Trinajstić information content (AvgIpc) is 2.62. The van der Waals surface area contributed by atoms with Crippen LogP contribution in [0.25, 0.3) is 0 Å². The van der Waals surface area contributed by atoms with E-state index in [1.807, 2.05) is 0 Å². The minimum atomic E-state index is -3.46. The molecule has 0 amide bonds. The Morgan fingerprint density at radius 3 is 2.44 bits per heavy atom. The van der Waals surface area contributed by atoms with E-state index in [0.717, 1.165) is 18.4 Å². The van der Waals surface area contributed by atoms with Crippen LogP contribution in [0.1, 0.15) is 18.4 Å². The highest BCUT2D eigenvalue weighted by atomic mass is 32.2. The number of nitrogens with one attached hydrogen (secondary N) is 1. The van der Waals surface area contributed by atoms with Gasteiger partial charge < -0.3 is 16.8 Å². The number of rotatable bonds is 5. The van der Waals surface area contributed by atoms with Crippen molar-refractivity contribution in [1.82, 2.24) is 14.6 Å². The van der Waals surface area contributed by atoms with E-state index >= 15 is 0 Å². The Hall–Kier alpha value is -2.16. The standard InChI is InChI=1S/C17H23N5O2S/c18-14-1-3-16(4-2-14)25(23,24)22-9-6-15(7-10-22)21-12-13-11-20-8-5-17(13)19/h1-5,8,11,15,21H,6-7,9-10,12,18H2,(H2,19,20). The van der Waals surface area contributed by atoms with Crippen LogP contribution in [0.15, 0.2) is 47.6 Å². The molecule has 5 N–H and O–H groups in total. The lowest BCUT2D eigenvalue weighted by Gasteiger charge is -2.31. The zero-order valence-electron chi connectivity index (χ0n) is 13.9. The second kappa shape index (κ2) is 7.38. The van der Waals surface area contributed by atoms with Crippen LogP contribution in [0.5, 0.6) is 0 Å². The molecule has 1 aliphatic rings. The molecule has 25 heavy (non-hydrogen) atoms. The van der Waals surface area contributed by atoms with Gasteiger partial charge in [-0.15, -0.1) is 0 Å². The van der Waals surface area contributed by atoms with E-state index in [2.05, 4.69) is 10.3 Å². The van der Waals surface area contributed by atoms with Gasteiger partial charge >= 0.3 is 0 Å². The predicted molar refractivity (Wildman–Crippen MR) is 98.1 cm³/mol. The second-order valence-electron chi connectivity index (χ2n) is 6.20. The van der Waals surface area contributed by atoms with Gasteiger partial charge in [-0.25, -0.2) is 8.42 Å². The molecule has 0 saturated carbocycles. The molecular weight excluding hydrogens is 338 g/mol. The maximum atomic E-state index is 12.7. The van der Waals surface area contributed by atoms with Gasteiger partial charge in [-0.3, -0.25) is 4.98 Å². The molecule has 1 aromatic carbocycles. The molecule has 8 heteroatoms. The molecule has 7 nitrogen and oxygen atoms in total. The Morgan fingerprint density at radius 1 is 1.12 bits per heavy atom. The summed E-state index contributed by atoms with van der Waals surface area (Å²) in [5.74, 6) is 0. The number of benzene rings is 1. The van der Waals surface area contributed by atoms with Crippen LogP contribution >= 0.6 is 0 Å². The number of aromatic nitrogens is 1. The SMILES string of the molecule is Nc1ccc(S(=O)(=O)N2CCC(NCc3cnccc3N)CC2)cc1. The highest BCUT2D eigenvalue weighted by molar-refractivity contribution is 7.89. The number of sulfonamides is 1. The molecule has 0 spiro atoms. The summed E-state index contributed by atoms with van der Waals surface area (Å²) in [5.41, 5.74) is 13.8. The molecule has 1 aliphatic heterocycles. The molecule has 1 fully saturated rings. The first kappa shape index (κ1) is 17.7. The number of nitrogens with two attached hydrogens (primary N) is 2. The van der Waals surface area contributed by atoms with Crippen LogP contribution in [-0.2, 0) is 16.6 Å². The monoisotopic (exact) mass is 361 g/mol. The highest BCUT2D eigenvalue weighted by Gasteiger charge is 2.29. The summed E-state index contributed by atoms with van der Waals surface area (Å²) in [6.07, 6.45) is 4.94. The van der Waals surface area contributed by atoms with E-state index in [4.69, 9.17) is 11.5 Å². The van der Waals surface area contributed by atoms with Crippen molar-refractivity contribution in [2.75, 3.05) is 24.6 Å². The van der Waals surface area contributed by atoms with E-state index in [0.29, 0.717) is 31.0 Å². The lowest BCUT2D eigenvalue weighted by Crippen LogP contribution is -2.44. The van der Waals surface area contributed by atoms with Crippen LogP contribution in [0.2, 0.25) is 0 Å². The van der Waals surface area contributed by atoms with Crippen molar-refractivity contribution in [3.05, 3.63) is 48.3 Å². The van der Waals surface area contributed by atoms with Crippen molar-refractivity contribution < 1.29 is 8.42 Å². The van der Waals surface area contributed by atoms with Crippen molar-refractivity contribution in [2.45, 2.75) is 30.3 Å². The Kier molecular flexibility index (Phi) is 5.22. The third kappa shape index (κ3) is 4.09. The highest BCUT2D eigenvalue weighted by Crippen LogP contribution is 2.22. The Labute approximate surface area is 148 Å². The first-order valence-electron chi connectivity index (χ1n) is 8.24. The number of nitrogens with zero attached hydrogens (tertiary/aromatic N) is 2. The molecule has 3 rings (SSSR count). The summed E-state index contributed by atoms with van der Waals surface area (Å²) in [6, 6.07) is 8.37.